The first-order valence-electron chi connectivity index (χ1n) is 10.4. The number of hydrogen-bond donors (Lipinski definition) is 1. The van der Waals surface area contributed by atoms with Gasteiger partial charge in [0.05, 0.1) is 23.5 Å². The fourth-order valence-corrected chi connectivity index (χ4v) is 4.84. The van der Waals surface area contributed by atoms with Crippen molar-refractivity contribution in [1.82, 2.24) is 15.1 Å². The molecule has 0 unspecified atom stereocenters. The molecular weight excluding hydrogens is 442 g/mol. The highest BCUT2D eigenvalue weighted by Gasteiger charge is 2.46. The predicted octanol–water partition coefficient (Wildman–Crippen LogP) is 4.22. The molecule has 0 radical (unpaired) electrons. The summed E-state index contributed by atoms with van der Waals surface area (Å²) in [6.07, 6.45) is 12.6. The van der Waals surface area contributed by atoms with E-state index in [9.17, 15) is 4.79 Å². The molecule has 2 saturated heterocycles. The number of hydrogen-bond acceptors (Lipinski definition) is 4. The number of carbonyl (C=O) groups is 1. The van der Waals surface area contributed by atoms with Gasteiger partial charge in [0.25, 0.3) is 5.91 Å². The van der Waals surface area contributed by atoms with Crippen molar-refractivity contribution in [3.05, 3.63) is 81.8 Å². The number of methoxy groups -OCH3 is 1. The Morgan fingerprint density at radius 2 is 2.00 bits per heavy atom. The van der Waals surface area contributed by atoms with Gasteiger partial charge in [-0.2, -0.15) is 0 Å². The number of fused-ring (bicyclic) bond motifs is 2. The Bertz CT molecular complexity index is 922. The van der Waals surface area contributed by atoms with E-state index >= 15 is 0 Å². The highest BCUT2D eigenvalue weighted by molar-refractivity contribution is 9.10. The van der Waals surface area contributed by atoms with Crippen molar-refractivity contribution in [1.29, 1.82) is 0 Å². The maximum absolute atomic E-state index is 13.0. The lowest BCUT2D eigenvalue weighted by atomic mass is 9.79. The van der Waals surface area contributed by atoms with Gasteiger partial charge in [0.1, 0.15) is 0 Å². The molecule has 0 bridgehead atoms. The third kappa shape index (κ3) is 3.86. The molecule has 2 fully saturated rings. The van der Waals surface area contributed by atoms with Crippen LogP contribution in [0.25, 0.3) is 0 Å². The molecular formula is C24H28BrN3O2. The van der Waals surface area contributed by atoms with Gasteiger partial charge < -0.3 is 19.9 Å². The average Bonchev–Trinajstić information content (AvgIpc) is 2.78. The molecule has 158 valence electrons. The molecule has 5 nitrogen and oxygen atoms in total. The number of nitrogens with one attached hydrogen (secondary N) is 1. The molecule has 1 amide bonds. The topological polar surface area (TPSA) is 44.8 Å². The molecule has 0 saturated carbocycles. The van der Waals surface area contributed by atoms with Crippen LogP contribution in [0.4, 0.5) is 0 Å². The number of allylic oxidation sites excluding steroid dienone is 3. The Labute approximate surface area is 186 Å². The largest absolute Gasteiger partial charge is 0.381 e. The lowest BCUT2D eigenvalue weighted by Gasteiger charge is -2.53. The number of rotatable bonds is 3. The molecule has 30 heavy (non-hydrogen) atoms. The number of nitrogens with zero attached hydrogens (tertiary/aromatic N) is 2. The summed E-state index contributed by atoms with van der Waals surface area (Å²) in [6, 6.07) is 7.61. The van der Waals surface area contributed by atoms with E-state index in [1.807, 2.05) is 29.2 Å². The minimum Gasteiger partial charge on any atom is -0.381 e. The van der Waals surface area contributed by atoms with E-state index in [4.69, 9.17) is 4.74 Å². The third-order valence-electron chi connectivity index (χ3n) is 6.12. The smallest absolute Gasteiger partial charge is 0.253 e. The first kappa shape index (κ1) is 20.9. The maximum atomic E-state index is 13.0. The summed E-state index contributed by atoms with van der Waals surface area (Å²) in [4.78, 5) is 17.4. The minimum atomic E-state index is -0.173. The number of likely N-dealkylation sites (tertiary alicyclic amines) is 1. The van der Waals surface area contributed by atoms with E-state index in [1.54, 1.807) is 7.11 Å². The van der Waals surface area contributed by atoms with Crippen LogP contribution in [0, 0.1) is 0 Å². The first-order chi connectivity index (χ1) is 14.6. The number of piperidine rings is 1. The van der Waals surface area contributed by atoms with E-state index in [1.165, 1.54) is 11.4 Å². The number of amides is 1. The molecule has 6 heteroatoms. The normalized spacial score (nSPS) is 22.8. The lowest BCUT2D eigenvalue weighted by Crippen LogP contribution is -2.61. The zero-order valence-electron chi connectivity index (χ0n) is 17.5. The van der Waals surface area contributed by atoms with Gasteiger partial charge >= 0.3 is 0 Å². The second-order valence-electron chi connectivity index (χ2n) is 7.84. The molecule has 0 aromatic heterocycles. The maximum Gasteiger partial charge on any atom is 0.253 e. The Morgan fingerprint density at radius 3 is 2.67 bits per heavy atom. The number of ether oxygens (including phenoxy) is 1. The molecule has 3 aliphatic rings. The van der Waals surface area contributed by atoms with Gasteiger partial charge in [-0.05, 0) is 56.2 Å². The summed E-state index contributed by atoms with van der Waals surface area (Å²) >= 11 is 3.44. The summed E-state index contributed by atoms with van der Waals surface area (Å²) in [7, 11) is 1.71. The first-order valence-corrected chi connectivity index (χ1v) is 11.2. The van der Waals surface area contributed by atoms with Gasteiger partial charge in [-0.15, -0.1) is 0 Å². The van der Waals surface area contributed by atoms with Crippen LogP contribution in [0.1, 0.15) is 30.1 Å². The predicted molar refractivity (Wildman–Crippen MR) is 123 cm³/mol. The van der Waals surface area contributed by atoms with Crippen molar-refractivity contribution in [2.24, 2.45) is 0 Å². The standard InChI is InChI=1S/C24H28BrN3O2/c1-3-21-20(11-17-30-2)26-24(22-6-4-5-14-28(21)22)12-15-27(16-13-24)23(29)18-7-9-19(25)10-8-18/h3-11,26H,12-17H2,1-2H3/b20-11+,21-3+. The van der Waals surface area contributed by atoms with Crippen LogP contribution >= 0.6 is 15.9 Å². The zero-order valence-corrected chi connectivity index (χ0v) is 19.1. The lowest BCUT2D eigenvalue weighted by molar-refractivity contribution is 0.0646. The molecule has 4 rings (SSSR count). The van der Waals surface area contributed by atoms with Gasteiger partial charge in [0.2, 0.25) is 0 Å². The number of carbonyl (C=O) groups excluding carboxylic acids is 1. The van der Waals surface area contributed by atoms with E-state index < -0.39 is 0 Å². The second kappa shape index (κ2) is 8.82. The number of piperazine rings is 1. The summed E-state index contributed by atoms with van der Waals surface area (Å²) < 4.78 is 6.29. The Kier molecular flexibility index (Phi) is 6.16. The van der Waals surface area contributed by atoms with Gasteiger partial charge in [0, 0.05) is 42.5 Å². The zero-order chi connectivity index (χ0) is 21.1. The molecule has 0 atom stereocenters. The van der Waals surface area contributed by atoms with E-state index in [-0.39, 0.29) is 11.4 Å². The number of benzene rings is 1. The Hall–Kier alpha value is -2.31. The second-order valence-corrected chi connectivity index (χ2v) is 8.76. The van der Waals surface area contributed by atoms with Crippen molar-refractivity contribution in [3.63, 3.8) is 0 Å². The Balaban J connectivity index is 1.57. The summed E-state index contributed by atoms with van der Waals surface area (Å²) in [5.41, 5.74) is 4.15. The van der Waals surface area contributed by atoms with Crippen molar-refractivity contribution < 1.29 is 9.53 Å². The highest BCUT2D eigenvalue weighted by Crippen LogP contribution is 2.41. The highest BCUT2D eigenvalue weighted by atomic mass is 79.9. The van der Waals surface area contributed by atoms with Crippen molar-refractivity contribution in [2.45, 2.75) is 25.3 Å². The van der Waals surface area contributed by atoms with E-state index in [0.717, 1.165) is 48.2 Å². The molecule has 3 aliphatic heterocycles. The number of halogens is 1. The van der Waals surface area contributed by atoms with Gasteiger partial charge in [0.15, 0.2) is 0 Å². The summed E-state index contributed by atoms with van der Waals surface area (Å²) in [5.74, 6) is 0.104. The molecule has 1 aromatic rings. The molecule has 1 N–H and O–H groups in total. The summed E-state index contributed by atoms with van der Waals surface area (Å²) in [5, 5.41) is 3.84. The van der Waals surface area contributed by atoms with Crippen molar-refractivity contribution in [3.8, 4) is 0 Å². The molecule has 3 heterocycles. The quantitative estimate of drug-likeness (QED) is 0.719. The minimum absolute atomic E-state index is 0.104. The summed E-state index contributed by atoms with van der Waals surface area (Å²) in [6.45, 7) is 4.94. The van der Waals surface area contributed by atoms with Crippen LogP contribution in [-0.4, -0.2) is 54.6 Å². The monoisotopic (exact) mass is 469 g/mol. The van der Waals surface area contributed by atoms with Crippen LogP contribution in [-0.2, 0) is 4.74 Å². The van der Waals surface area contributed by atoms with Crippen LogP contribution in [0.2, 0.25) is 0 Å². The fourth-order valence-electron chi connectivity index (χ4n) is 4.57. The van der Waals surface area contributed by atoms with Gasteiger partial charge in [-0.25, -0.2) is 0 Å². The fraction of sp³-hybridized carbons (Fsp3) is 0.375. The van der Waals surface area contributed by atoms with Crippen molar-refractivity contribution >= 4 is 21.8 Å². The van der Waals surface area contributed by atoms with Gasteiger partial charge in [-0.3, -0.25) is 4.79 Å². The third-order valence-corrected chi connectivity index (χ3v) is 6.65. The van der Waals surface area contributed by atoms with E-state index in [0.29, 0.717) is 6.61 Å². The average molecular weight is 470 g/mol. The van der Waals surface area contributed by atoms with Crippen molar-refractivity contribution in [2.75, 3.05) is 33.4 Å². The van der Waals surface area contributed by atoms with Crippen LogP contribution in [0.3, 0.4) is 0 Å². The molecule has 0 aliphatic carbocycles. The van der Waals surface area contributed by atoms with Crippen LogP contribution in [0.15, 0.2) is 76.2 Å². The van der Waals surface area contributed by atoms with E-state index in [2.05, 4.69) is 63.5 Å². The SMILES string of the molecule is C/C=C1\C(=C/COC)NC2(CCN(C(=O)c3ccc(Br)cc3)CC2)C2=CC=CCN21. The Morgan fingerprint density at radius 1 is 1.27 bits per heavy atom. The van der Waals surface area contributed by atoms with Gasteiger partial charge in [-0.1, -0.05) is 34.2 Å². The van der Waals surface area contributed by atoms with Crippen LogP contribution in [0.5, 0.6) is 0 Å². The molecule has 1 spiro atoms. The van der Waals surface area contributed by atoms with Crippen LogP contribution < -0.4 is 5.32 Å². The molecule has 1 aromatic carbocycles.